The number of nitrogens with one attached hydrogen (secondary N) is 1. The molecule has 0 bridgehead atoms. The number of ether oxygens (including phenoxy) is 1. The first-order valence-electron chi connectivity index (χ1n) is 12.7. The molecule has 2 aromatic heterocycles. The first-order valence-corrected chi connectivity index (χ1v) is 14.0. The largest absolute Gasteiger partial charge is 0.457 e. The van der Waals surface area contributed by atoms with Crippen molar-refractivity contribution in [3.63, 3.8) is 0 Å². The molecule has 1 N–H and O–H groups in total. The minimum Gasteiger partial charge on any atom is -0.457 e. The number of nitrogens with zero attached hydrogens (tertiary/aromatic N) is 2. The summed E-state index contributed by atoms with van der Waals surface area (Å²) in [6, 6.07) is 34.0. The van der Waals surface area contributed by atoms with Crippen molar-refractivity contribution in [2.75, 3.05) is 4.90 Å². The fraction of sp³-hybridized carbons (Fsp3) is 0.125. The molecule has 0 spiro atoms. The van der Waals surface area contributed by atoms with Gasteiger partial charge in [0, 0.05) is 16.8 Å². The van der Waals surface area contributed by atoms with Crippen LogP contribution in [0.15, 0.2) is 124 Å². The molecule has 3 heterocycles. The van der Waals surface area contributed by atoms with E-state index in [1.807, 2.05) is 85.8 Å². The van der Waals surface area contributed by atoms with Crippen LogP contribution in [0.3, 0.4) is 0 Å². The van der Waals surface area contributed by atoms with Gasteiger partial charge in [-0.1, -0.05) is 53.7 Å². The van der Waals surface area contributed by atoms with Gasteiger partial charge >= 0.3 is 0 Å². The molecule has 1 saturated heterocycles. The SMILES string of the molecule is Cc1ccc(Sc2ccc(C3C(c4ccccn4)NC(=S)N3c3ccc(Oc4ccccc4C)cc3)o2)cc1. The van der Waals surface area contributed by atoms with Crippen molar-refractivity contribution in [1.82, 2.24) is 10.3 Å². The van der Waals surface area contributed by atoms with Crippen LogP contribution in [0, 0.1) is 13.8 Å². The van der Waals surface area contributed by atoms with Crippen LogP contribution in [0.1, 0.15) is 34.7 Å². The van der Waals surface area contributed by atoms with Crippen molar-refractivity contribution in [2.45, 2.75) is 35.9 Å². The molecule has 0 amide bonds. The van der Waals surface area contributed by atoms with E-state index in [4.69, 9.17) is 21.4 Å². The van der Waals surface area contributed by atoms with Gasteiger partial charge < -0.3 is 19.4 Å². The lowest BCUT2D eigenvalue weighted by Crippen LogP contribution is -2.29. The predicted molar refractivity (Wildman–Crippen MR) is 160 cm³/mol. The first-order chi connectivity index (χ1) is 19.0. The van der Waals surface area contributed by atoms with Crippen molar-refractivity contribution in [2.24, 2.45) is 0 Å². The second-order valence-electron chi connectivity index (χ2n) is 9.43. The topological polar surface area (TPSA) is 50.5 Å². The number of aromatic nitrogens is 1. The van der Waals surface area contributed by atoms with E-state index in [1.165, 1.54) is 5.56 Å². The molecule has 0 radical (unpaired) electrons. The lowest BCUT2D eigenvalue weighted by molar-refractivity contribution is 0.383. The lowest BCUT2D eigenvalue weighted by atomic mass is 10.0. The Hall–Kier alpha value is -4.07. The van der Waals surface area contributed by atoms with Crippen LogP contribution in [0.2, 0.25) is 0 Å². The van der Waals surface area contributed by atoms with E-state index in [0.717, 1.165) is 44.2 Å². The molecule has 1 aliphatic rings. The number of furan rings is 1. The zero-order valence-electron chi connectivity index (χ0n) is 21.6. The summed E-state index contributed by atoms with van der Waals surface area (Å²) in [5.74, 6) is 2.41. The summed E-state index contributed by atoms with van der Waals surface area (Å²) in [7, 11) is 0. The van der Waals surface area contributed by atoms with Gasteiger partial charge in [0.25, 0.3) is 0 Å². The Labute approximate surface area is 237 Å². The summed E-state index contributed by atoms with van der Waals surface area (Å²) in [5, 5.41) is 4.94. The van der Waals surface area contributed by atoms with Crippen LogP contribution in [-0.2, 0) is 0 Å². The number of pyridine rings is 1. The number of anilines is 1. The highest BCUT2D eigenvalue weighted by Crippen LogP contribution is 2.44. The molecule has 1 aliphatic heterocycles. The molecular formula is C32H27N3O2S2. The Balaban J connectivity index is 1.31. The van der Waals surface area contributed by atoms with Gasteiger partial charge in [-0.25, -0.2) is 0 Å². The van der Waals surface area contributed by atoms with Crippen molar-refractivity contribution in [3.05, 3.63) is 132 Å². The summed E-state index contributed by atoms with van der Waals surface area (Å²) in [6.45, 7) is 4.12. The van der Waals surface area contributed by atoms with E-state index in [9.17, 15) is 0 Å². The van der Waals surface area contributed by atoms with Gasteiger partial charge in [0.2, 0.25) is 0 Å². The maximum atomic E-state index is 6.44. The van der Waals surface area contributed by atoms with Crippen LogP contribution in [0.25, 0.3) is 0 Å². The van der Waals surface area contributed by atoms with Crippen molar-refractivity contribution in [1.29, 1.82) is 0 Å². The molecule has 39 heavy (non-hydrogen) atoms. The fourth-order valence-corrected chi connectivity index (χ4v) is 5.79. The molecule has 7 heteroatoms. The summed E-state index contributed by atoms with van der Waals surface area (Å²) >= 11 is 7.47. The van der Waals surface area contributed by atoms with Crippen LogP contribution in [0.5, 0.6) is 11.5 Å². The normalized spacial score (nSPS) is 16.8. The van der Waals surface area contributed by atoms with E-state index in [2.05, 4.69) is 46.4 Å². The summed E-state index contributed by atoms with van der Waals surface area (Å²) in [6.07, 6.45) is 1.80. The standard InChI is InChI=1S/C32H27N3O2S2/c1-21-10-16-25(17-11-21)39-29-19-18-28(37-29)31-30(26-8-5-6-20-33-26)34-32(38)35(31)23-12-14-24(15-13-23)36-27-9-4-3-7-22(27)2/h3-20,30-31H,1-2H3,(H,34,38). The Morgan fingerprint density at radius 3 is 2.38 bits per heavy atom. The highest BCUT2D eigenvalue weighted by atomic mass is 32.2. The monoisotopic (exact) mass is 549 g/mol. The molecule has 3 aromatic carbocycles. The third kappa shape index (κ3) is 5.41. The summed E-state index contributed by atoms with van der Waals surface area (Å²) in [5.41, 5.74) is 4.16. The average molecular weight is 550 g/mol. The Morgan fingerprint density at radius 2 is 1.64 bits per heavy atom. The molecule has 1 fully saturated rings. The van der Waals surface area contributed by atoms with Gasteiger partial charge in [-0.05, 0) is 98.4 Å². The Bertz CT molecular complexity index is 1580. The van der Waals surface area contributed by atoms with Crippen molar-refractivity contribution in [3.8, 4) is 11.5 Å². The van der Waals surface area contributed by atoms with Gasteiger partial charge in [0.15, 0.2) is 10.2 Å². The molecule has 0 aliphatic carbocycles. The van der Waals surface area contributed by atoms with Gasteiger partial charge in [0.05, 0.1) is 11.7 Å². The number of hydrogen-bond acceptors (Lipinski definition) is 5. The molecule has 2 atom stereocenters. The maximum absolute atomic E-state index is 6.44. The summed E-state index contributed by atoms with van der Waals surface area (Å²) < 4.78 is 12.6. The minimum absolute atomic E-state index is 0.176. The number of para-hydroxylation sites is 1. The smallest absolute Gasteiger partial charge is 0.174 e. The number of aryl methyl sites for hydroxylation is 2. The van der Waals surface area contributed by atoms with E-state index in [-0.39, 0.29) is 12.1 Å². The molecule has 5 nitrogen and oxygen atoms in total. The van der Waals surface area contributed by atoms with Crippen LogP contribution in [-0.4, -0.2) is 10.1 Å². The average Bonchev–Trinajstić information content (AvgIpc) is 3.56. The van der Waals surface area contributed by atoms with Crippen molar-refractivity contribution < 1.29 is 9.15 Å². The number of rotatable bonds is 7. The number of hydrogen-bond donors (Lipinski definition) is 1. The third-order valence-electron chi connectivity index (χ3n) is 6.67. The molecule has 194 valence electrons. The number of thiocarbonyl (C=S) groups is 1. The zero-order chi connectivity index (χ0) is 26.8. The second kappa shape index (κ2) is 11.0. The van der Waals surface area contributed by atoms with E-state index in [1.54, 1.807) is 18.0 Å². The van der Waals surface area contributed by atoms with Crippen LogP contribution < -0.4 is 15.0 Å². The summed E-state index contributed by atoms with van der Waals surface area (Å²) in [4.78, 5) is 7.87. The maximum Gasteiger partial charge on any atom is 0.174 e. The lowest BCUT2D eigenvalue weighted by Gasteiger charge is -2.26. The molecule has 5 aromatic rings. The van der Waals surface area contributed by atoms with E-state index < -0.39 is 0 Å². The van der Waals surface area contributed by atoms with Crippen molar-refractivity contribution >= 4 is 34.8 Å². The van der Waals surface area contributed by atoms with Gasteiger partial charge in [-0.15, -0.1) is 0 Å². The van der Waals surface area contributed by atoms with Crippen LogP contribution >= 0.6 is 24.0 Å². The minimum atomic E-state index is -0.220. The second-order valence-corrected chi connectivity index (χ2v) is 10.9. The first kappa shape index (κ1) is 25.2. The van der Waals surface area contributed by atoms with E-state index >= 15 is 0 Å². The molecule has 0 saturated carbocycles. The highest BCUT2D eigenvalue weighted by molar-refractivity contribution is 7.99. The molecular weight excluding hydrogens is 523 g/mol. The zero-order valence-corrected chi connectivity index (χ0v) is 23.2. The van der Waals surface area contributed by atoms with Gasteiger partial charge in [0.1, 0.15) is 23.3 Å². The fourth-order valence-electron chi connectivity index (χ4n) is 4.67. The highest BCUT2D eigenvalue weighted by Gasteiger charge is 2.42. The quantitative estimate of drug-likeness (QED) is 0.205. The Morgan fingerprint density at radius 1 is 0.872 bits per heavy atom. The van der Waals surface area contributed by atoms with Crippen LogP contribution in [0.4, 0.5) is 5.69 Å². The predicted octanol–water partition coefficient (Wildman–Crippen LogP) is 8.41. The molecule has 2 unspecified atom stereocenters. The molecule has 6 rings (SSSR count). The van der Waals surface area contributed by atoms with Gasteiger partial charge in [-0.2, -0.15) is 0 Å². The Kier molecular flexibility index (Phi) is 7.09. The van der Waals surface area contributed by atoms with Gasteiger partial charge in [-0.3, -0.25) is 4.98 Å². The number of benzene rings is 3. The third-order valence-corrected chi connectivity index (χ3v) is 7.91. The van der Waals surface area contributed by atoms with E-state index in [0.29, 0.717) is 5.11 Å².